The van der Waals surface area contributed by atoms with E-state index in [2.05, 4.69) is 9.80 Å². The highest BCUT2D eigenvalue weighted by atomic mass is 32.2. The quantitative estimate of drug-likeness (QED) is 0.602. The fraction of sp³-hybridized carbons (Fsp3) is 0.565. The second-order valence-electron chi connectivity index (χ2n) is 9.18. The Bertz CT molecular complexity index is 1010. The normalized spacial score (nSPS) is 23.7. The number of piperazine rings is 1. The van der Waals surface area contributed by atoms with Crippen LogP contribution in [0.15, 0.2) is 46.0 Å². The first-order valence-corrected chi connectivity index (χ1v) is 13.6. The summed E-state index contributed by atoms with van der Waals surface area (Å²) in [6, 6.07) is 11.2. The van der Waals surface area contributed by atoms with Crippen molar-refractivity contribution in [3.8, 4) is 0 Å². The van der Waals surface area contributed by atoms with Gasteiger partial charge in [0.1, 0.15) is 4.21 Å². The van der Waals surface area contributed by atoms with Gasteiger partial charge in [-0.2, -0.15) is 4.31 Å². The van der Waals surface area contributed by atoms with Crippen LogP contribution in [0.3, 0.4) is 0 Å². The predicted octanol–water partition coefficient (Wildman–Crippen LogP) is 1.55. The summed E-state index contributed by atoms with van der Waals surface area (Å²) in [7, 11) is -3.53. The van der Waals surface area contributed by atoms with Crippen molar-refractivity contribution in [3.63, 3.8) is 0 Å². The summed E-state index contributed by atoms with van der Waals surface area (Å²) in [4.78, 5) is 4.51. The maximum absolute atomic E-state index is 13.2. The molecule has 2 aromatic rings. The van der Waals surface area contributed by atoms with Crippen LogP contribution in [0.2, 0.25) is 0 Å². The molecule has 8 nitrogen and oxygen atoms in total. The van der Waals surface area contributed by atoms with Gasteiger partial charge in [-0.1, -0.05) is 18.2 Å². The van der Waals surface area contributed by atoms with Gasteiger partial charge < -0.3 is 19.8 Å². The Morgan fingerprint density at radius 3 is 2.52 bits per heavy atom. The molecule has 2 saturated heterocycles. The van der Waals surface area contributed by atoms with Crippen LogP contribution in [-0.4, -0.2) is 92.5 Å². The average molecular weight is 496 g/mol. The minimum Gasteiger partial charge on any atom is -0.394 e. The first kappa shape index (κ1) is 24.6. The molecule has 1 aromatic carbocycles. The Morgan fingerprint density at radius 1 is 1.12 bits per heavy atom. The van der Waals surface area contributed by atoms with E-state index in [0.717, 1.165) is 17.8 Å². The largest absolute Gasteiger partial charge is 0.394 e. The van der Waals surface area contributed by atoms with Gasteiger partial charge in [0, 0.05) is 45.0 Å². The topological polar surface area (TPSA) is 93.6 Å². The summed E-state index contributed by atoms with van der Waals surface area (Å²) in [5, 5.41) is 21.6. The molecule has 4 rings (SSSR count). The van der Waals surface area contributed by atoms with Crippen molar-refractivity contribution < 1.29 is 23.4 Å². The maximum atomic E-state index is 13.2. The third kappa shape index (κ3) is 5.59. The molecule has 0 radical (unpaired) electrons. The minimum atomic E-state index is -3.53. The maximum Gasteiger partial charge on any atom is 0.252 e. The van der Waals surface area contributed by atoms with E-state index in [1.54, 1.807) is 35.7 Å². The van der Waals surface area contributed by atoms with Crippen LogP contribution in [0.25, 0.3) is 0 Å². The highest BCUT2D eigenvalue weighted by Crippen LogP contribution is 2.29. The van der Waals surface area contributed by atoms with Crippen LogP contribution in [0, 0.1) is 0 Å². The van der Waals surface area contributed by atoms with Gasteiger partial charge in [0.15, 0.2) is 0 Å². The number of ether oxygens (including phenoxy) is 1. The van der Waals surface area contributed by atoms with Crippen molar-refractivity contribution in [2.75, 3.05) is 57.4 Å². The van der Waals surface area contributed by atoms with Gasteiger partial charge in [-0.25, -0.2) is 8.42 Å². The van der Waals surface area contributed by atoms with Gasteiger partial charge in [0.25, 0.3) is 10.0 Å². The molecule has 2 aliphatic rings. The summed E-state index contributed by atoms with van der Waals surface area (Å²) >= 11 is 1.24. The van der Waals surface area contributed by atoms with Gasteiger partial charge in [-0.3, -0.25) is 4.90 Å². The lowest BCUT2D eigenvalue weighted by Crippen LogP contribution is -2.59. The summed E-state index contributed by atoms with van der Waals surface area (Å²) in [5.41, 5.74) is 0.923. The van der Waals surface area contributed by atoms with Crippen molar-refractivity contribution in [1.82, 2.24) is 9.21 Å². The van der Waals surface area contributed by atoms with Crippen LogP contribution in [0.4, 0.5) is 5.69 Å². The summed E-state index contributed by atoms with van der Waals surface area (Å²) < 4.78 is 34.0. The molecule has 0 bridgehead atoms. The molecule has 2 N–H and O–H groups in total. The first-order chi connectivity index (χ1) is 15.7. The summed E-state index contributed by atoms with van der Waals surface area (Å²) in [6.07, 6.45) is -0.215. The SMILES string of the molecule is CC(C)(O)c1ccc(N2CCN(S(=O)(=O)c3cccs3)C[C@H]2CN2CCO[C@@H](CO)C2)cc1. The van der Waals surface area contributed by atoms with E-state index in [9.17, 15) is 18.6 Å². The number of benzene rings is 1. The summed E-state index contributed by atoms with van der Waals surface area (Å²) in [5.74, 6) is 0. The second-order valence-corrected chi connectivity index (χ2v) is 12.3. The van der Waals surface area contributed by atoms with Crippen LogP contribution in [0.1, 0.15) is 19.4 Å². The Hall–Kier alpha value is -1.53. The van der Waals surface area contributed by atoms with Crippen LogP contribution >= 0.6 is 11.3 Å². The third-order valence-corrected chi connectivity index (χ3v) is 9.57. The van der Waals surface area contributed by atoms with Crippen molar-refractivity contribution >= 4 is 27.0 Å². The number of morpholine rings is 1. The van der Waals surface area contributed by atoms with E-state index in [1.165, 1.54) is 11.3 Å². The fourth-order valence-corrected chi connectivity index (χ4v) is 7.11. The molecule has 0 spiro atoms. The number of sulfonamides is 1. The molecule has 0 amide bonds. The Balaban J connectivity index is 1.57. The molecular weight excluding hydrogens is 462 g/mol. The molecule has 0 aliphatic carbocycles. The number of nitrogens with zero attached hydrogens (tertiary/aromatic N) is 3. The average Bonchev–Trinajstić information content (AvgIpc) is 3.35. The zero-order valence-corrected chi connectivity index (χ0v) is 20.8. The number of rotatable bonds is 7. The Labute approximate surface area is 200 Å². The number of aliphatic hydroxyl groups excluding tert-OH is 1. The number of aliphatic hydroxyl groups is 2. The molecule has 0 unspecified atom stereocenters. The van der Waals surface area contributed by atoms with E-state index in [4.69, 9.17) is 4.74 Å². The molecule has 2 fully saturated rings. The Kier molecular flexibility index (Phi) is 7.44. The van der Waals surface area contributed by atoms with E-state index >= 15 is 0 Å². The molecule has 182 valence electrons. The lowest BCUT2D eigenvalue weighted by Gasteiger charge is -2.45. The van der Waals surface area contributed by atoms with Crippen LogP contribution in [0.5, 0.6) is 0 Å². The molecule has 1 aromatic heterocycles. The number of anilines is 1. The zero-order chi connectivity index (χ0) is 23.6. The van der Waals surface area contributed by atoms with Crippen molar-refractivity contribution in [1.29, 1.82) is 0 Å². The van der Waals surface area contributed by atoms with Crippen LogP contribution < -0.4 is 4.90 Å². The molecular formula is C23H33N3O5S2. The van der Waals surface area contributed by atoms with E-state index in [-0.39, 0.29) is 18.8 Å². The van der Waals surface area contributed by atoms with Gasteiger partial charge in [0.05, 0.1) is 31.0 Å². The molecule has 0 saturated carbocycles. The van der Waals surface area contributed by atoms with E-state index in [1.807, 2.05) is 24.3 Å². The number of hydrogen-bond donors (Lipinski definition) is 2. The first-order valence-electron chi connectivity index (χ1n) is 11.3. The highest BCUT2D eigenvalue weighted by Gasteiger charge is 2.36. The molecule has 2 atom stereocenters. The second kappa shape index (κ2) is 9.99. The van der Waals surface area contributed by atoms with Gasteiger partial charge >= 0.3 is 0 Å². The predicted molar refractivity (Wildman–Crippen MR) is 129 cm³/mol. The van der Waals surface area contributed by atoms with Crippen LogP contribution in [-0.2, 0) is 20.4 Å². The third-order valence-electron chi connectivity index (χ3n) is 6.34. The zero-order valence-electron chi connectivity index (χ0n) is 19.1. The fourth-order valence-electron chi connectivity index (χ4n) is 4.49. The number of thiophene rings is 1. The van der Waals surface area contributed by atoms with E-state index in [0.29, 0.717) is 43.5 Å². The van der Waals surface area contributed by atoms with Gasteiger partial charge in [-0.15, -0.1) is 11.3 Å². The monoisotopic (exact) mass is 495 g/mol. The number of hydrogen-bond acceptors (Lipinski definition) is 8. The molecule has 2 aliphatic heterocycles. The smallest absolute Gasteiger partial charge is 0.252 e. The van der Waals surface area contributed by atoms with Crippen molar-refractivity contribution in [2.45, 2.75) is 35.8 Å². The lowest BCUT2D eigenvalue weighted by atomic mass is 9.98. The van der Waals surface area contributed by atoms with E-state index < -0.39 is 15.6 Å². The molecule has 33 heavy (non-hydrogen) atoms. The van der Waals surface area contributed by atoms with Crippen molar-refractivity contribution in [3.05, 3.63) is 47.3 Å². The van der Waals surface area contributed by atoms with Crippen molar-refractivity contribution in [2.24, 2.45) is 0 Å². The minimum absolute atomic E-state index is 0.0256. The molecule has 3 heterocycles. The van der Waals surface area contributed by atoms with Gasteiger partial charge in [0.2, 0.25) is 0 Å². The lowest BCUT2D eigenvalue weighted by molar-refractivity contribution is -0.0545. The van der Waals surface area contributed by atoms with Gasteiger partial charge in [-0.05, 0) is 43.0 Å². The standard InChI is InChI=1S/C23H33N3O5S2/c1-23(2,28)18-5-7-19(8-6-18)26-10-9-25(33(29,30)22-4-3-13-32-22)15-20(26)14-24-11-12-31-21(16-24)17-27/h3-8,13,20-21,27-28H,9-12,14-17H2,1-2H3/t20-,21-/m1/s1. The highest BCUT2D eigenvalue weighted by molar-refractivity contribution is 7.91. The molecule has 10 heteroatoms. The Morgan fingerprint density at radius 2 is 1.88 bits per heavy atom. The summed E-state index contributed by atoms with van der Waals surface area (Å²) in [6.45, 7) is 7.45.